The lowest BCUT2D eigenvalue weighted by Crippen LogP contribution is -1.96. The van der Waals surface area contributed by atoms with Crippen molar-refractivity contribution < 1.29 is 4.74 Å². The second-order valence-corrected chi connectivity index (χ2v) is 3.55. The van der Waals surface area contributed by atoms with Crippen LogP contribution >= 0.6 is 11.6 Å². The first-order chi connectivity index (χ1) is 7.69. The molecule has 0 bridgehead atoms. The highest BCUT2D eigenvalue weighted by atomic mass is 35.5. The van der Waals surface area contributed by atoms with Gasteiger partial charge in [0.25, 0.3) is 0 Å². The van der Waals surface area contributed by atoms with E-state index in [9.17, 15) is 0 Å². The SMILES string of the molecule is COc1cccc(-c2cc(Cl)nc(N)n2)c1. The van der Waals surface area contributed by atoms with E-state index in [-0.39, 0.29) is 5.95 Å². The number of hydrogen-bond acceptors (Lipinski definition) is 4. The lowest BCUT2D eigenvalue weighted by Gasteiger charge is -2.04. The van der Waals surface area contributed by atoms with Gasteiger partial charge in [-0.1, -0.05) is 23.7 Å². The smallest absolute Gasteiger partial charge is 0.221 e. The highest BCUT2D eigenvalue weighted by Gasteiger charge is 2.04. The molecule has 2 N–H and O–H groups in total. The van der Waals surface area contributed by atoms with Crippen LogP contribution in [-0.2, 0) is 0 Å². The molecule has 0 saturated heterocycles. The van der Waals surface area contributed by atoms with Crippen LogP contribution < -0.4 is 10.5 Å². The van der Waals surface area contributed by atoms with E-state index in [1.165, 1.54) is 0 Å². The second-order valence-electron chi connectivity index (χ2n) is 3.17. The molecule has 0 aliphatic heterocycles. The molecule has 0 fully saturated rings. The Morgan fingerprint density at radius 1 is 1.25 bits per heavy atom. The molecule has 0 spiro atoms. The summed E-state index contributed by atoms with van der Waals surface area (Å²) in [6.07, 6.45) is 0. The maximum atomic E-state index is 5.81. The third-order valence-electron chi connectivity index (χ3n) is 2.08. The third kappa shape index (κ3) is 2.23. The molecule has 4 nitrogen and oxygen atoms in total. The van der Waals surface area contributed by atoms with Crippen molar-refractivity contribution in [2.24, 2.45) is 0 Å². The fourth-order valence-electron chi connectivity index (χ4n) is 1.37. The zero-order valence-corrected chi connectivity index (χ0v) is 9.40. The normalized spacial score (nSPS) is 10.1. The highest BCUT2D eigenvalue weighted by Crippen LogP contribution is 2.24. The average molecular weight is 236 g/mol. The summed E-state index contributed by atoms with van der Waals surface area (Å²) in [4.78, 5) is 7.91. The number of methoxy groups -OCH3 is 1. The molecule has 0 radical (unpaired) electrons. The number of rotatable bonds is 2. The number of hydrogen-bond donors (Lipinski definition) is 1. The molecule has 0 saturated carbocycles. The highest BCUT2D eigenvalue weighted by molar-refractivity contribution is 6.29. The van der Waals surface area contributed by atoms with Gasteiger partial charge in [-0.15, -0.1) is 0 Å². The van der Waals surface area contributed by atoms with Gasteiger partial charge >= 0.3 is 0 Å². The molecular formula is C11H10ClN3O. The van der Waals surface area contributed by atoms with Crippen LogP contribution in [0.5, 0.6) is 5.75 Å². The van der Waals surface area contributed by atoms with Crippen LogP contribution in [0.25, 0.3) is 11.3 Å². The van der Waals surface area contributed by atoms with Gasteiger partial charge in [0.2, 0.25) is 5.95 Å². The van der Waals surface area contributed by atoms with Crippen molar-refractivity contribution in [3.63, 3.8) is 0 Å². The minimum absolute atomic E-state index is 0.158. The van der Waals surface area contributed by atoms with Crippen LogP contribution in [0.4, 0.5) is 5.95 Å². The second kappa shape index (κ2) is 4.37. The predicted octanol–water partition coefficient (Wildman–Crippen LogP) is 2.39. The first kappa shape index (κ1) is 10.7. The first-order valence-corrected chi connectivity index (χ1v) is 5.01. The largest absolute Gasteiger partial charge is 0.497 e. The van der Waals surface area contributed by atoms with Gasteiger partial charge in [-0.2, -0.15) is 0 Å². The first-order valence-electron chi connectivity index (χ1n) is 4.63. The van der Waals surface area contributed by atoms with E-state index >= 15 is 0 Å². The molecule has 0 aliphatic carbocycles. The Kier molecular flexibility index (Phi) is 2.92. The number of benzene rings is 1. The van der Waals surface area contributed by atoms with Crippen LogP contribution in [0.2, 0.25) is 5.15 Å². The minimum Gasteiger partial charge on any atom is -0.497 e. The van der Waals surface area contributed by atoms with Gasteiger partial charge in [-0.05, 0) is 12.1 Å². The Labute approximate surface area is 98.0 Å². The zero-order valence-electron chi connectivity index (χ0n) is 8.64. The molecular weight excluding hydrogens is 226 g/mol. The van der Waals surface area contributed by atoms with E-state index < -0.39 is 0 Å². The number of nitrogens with zero attached hydrogens (tertiary/aromatic N) is 2. The number of nitrogen functional groups attached to an aromatic ring is 1. The van der Waals surface area contributed by atoms with Crippen LogP contribution in [0.15, 0.2) is 30.3 Å². The molecule has 1 aromatic heterocycles. The predicted molar refractivity (Wildman–Crippen MR) is 63.4 cm³/mol. The van der Waals surface area contributed by atoms with Crippen LogP contribution in [0.1, 0.15) is 0 Å². The summed E-state index contributed by atoms with van der Waals surface area (Å²) >= 11 is 5.81. The van der Waals surface area contributed by atoms with E-state index in [4.69, 9.17) is 22.1 Å². The van der Waals surface area contributed by atoms with Gasteiger partial charge in [-0.3, -0.25) is 0 Å². The van der Waals surface area contributed by atoms with Crippen LogP contribution in [0, 0.1) is 0 Å². The summed E-state index contributed by atoms with van der Waals surface area (Å²) in [6.45, 7) is 0. The maximum Gasteiger partial charge on any atom is 0.221 e. The van der Waals surface area contributed by atoms with Gasteiger partial charge in [-0.25, -0.2) is 9.97 Å². The van der Waals surface area contributed by atoms with E-state index in [2.05, 4.69) is 9.97 Å². The fourth-order valence-corrected chi connectivity index (χ4v) is 1.56. The third-order valence-corrected chi connectivity index (χ3v) is 2.27. The van der Waals surface area contributed by atoms with Crippen molar-refractivity contribution in [1.82, 2.24) is 9.97 Å². The fraction of sp³-hybridized carbons (Fsp3) is 0.0909. The van der Waals surface area contributed by atoms with E-state index in [0.29, 0.717) is 10.8 Å². The molecule has 2 aromatic rings. The molecule has 2 rings (SSSR count). The minimum atomic E-state index is 0.158. The Bertz CT molecular complexity index is 496. The number of anilines is 1. The van der Waals surface area contributed by atoms with Crippen molar-refractivity contribution in [2.45, 2.75) is 0 Å². The molecule has 16 heavy (non-hydrogen) atoms. The van der Waals surface area contributed by atoms with Gasteiger partial charge < -0.3 is 10.5 Å². The molecule has 0 atom stereocenters. The summed E-state index contributed by atoms with van der Waals surface area (Å²) in [6, 6.07) is 9.15. The maximum absolute atomic E-state index is 5.81. The lowest BCUT2D eigenvalue weighted by molar-refractivity contribution is 0.415. The van der Waals surface area contributed by atoms with Crippen molar-refractivity contribution in [1.29, 1.82) is 0 Å². The Balaban J connectivity index is 2.49. The molecule has 0 amide bonds. The molecule has 1 heterocycles. The summed E-state index contributed by atoms with van der Waals surface area (Å²) in [5.41, 5.74) is 7.09. The number of halogens is 1. The topological polar surface area (TPSA) is 61.0 Å². The molecule has 5 heteroatoms. The Morgan fingerprint density at radius 3 is 2.75 bits per heavy atom. The summed E-state index contributed by atoms with van der Waals surface area (Å²) < 4.78 is 5.13. The molecule has 0 aliphatic rings. The number of ether oxygens (including phenoxy) is 1. The van der Waals surface area contributed by atoms with E-state index in [1.807, 2.05) is 24.3 Å². The van der Waals surface area contributed by atoms with E-state index in [1.54, 1.807) is 13.2 Å². The lowest BCUT2D eigenvalue weighted by atomic mass is 10.1. The summed E-state index contributed by atoms with van der Waals surface area (Å²) in [5.74, 6) is 0.913. The van der Waals surface area contributed by atoms with Gasteiger partial charge in [0.1, 0.15) is 10.9 Å². The Morgan fingerprint density at radius 2 is 2.06 bits per heavy atom. The van der Waals surface area contributed by atoms with E-state index in [0.717, 1.165) is 11.3 Å². The van der Waals surface area contributed by atoms with Crippen LogP contribution in [-0.4, -0.2) is 17.1 Å². The van der Waals surface area contributed by atoms with Gasteiger partial charge in [0, 0.05) is 11.6 Å². The molecule has 1 aromatic carbocycles. The zero-order chi connectivity index (χ0) is 11.5. The quantitative estimate of drug-likeness (QED) is 0.812. The average Bonchev–Trinajstić information content (AvgIpc) is 2.28. The van der Waals surface area contributed by atoms with Gasteiger partial charge in [0.05, 0.1) is 12.8 Å². The number of nitrogens with two attached hydrogens (primary N) is 1. The number of aromatic nitrogens is 2. The van der Waals surface area contributed by atoms with Crippen molar-refractivity contribution in [3.05, 3.63) is 35.5 Å². The summed E-state index contributed by atoms with van der Waals surface area (Å²) in [7, 11) is 1.61. The monoisotopic (exact) mass is 235 g/mol. The summed E-state index contributed by atoms with van der Waals surface area (Å²) in [5, 5.41) is 0.324. The molecule has 82 valence electrons. The van der Waals surface area contributed by atoms with Crippen molar-refractivity contribution >= 4 is 17.5 Å². The van der Waals surface area contributed by atoms with Crippen molar-refractivity contribution in [3.8, 4) is 17.0 Å². The van der Waals surface area contributed by atoms with Gasteiger partial charge in [0.15, 0.2) is 0 Å². The molecule has 0 unspecified atom stereocenters. The van der Waals surface area contributed by atoms with Crippen LogP contribution in [0.3, 0.4) is 0 Å². The Hall–Kier alpha value is -1.81. The van der Waals surface area contributed by atoms with Crippen molar-refractivity contribution in [2.75, 3.05) is 12.8 Å². The standard InChI is InChI=1S/C11H10ClN3O/c1-16-8-4-2-3-7(5-8)9-6-10(12)15-11(13)14-9/h2-6H,1H3,(H2,13,14,15).